The molecule has 0 aliphatic heterocycles. The Hall–Kier alpha value is -1.56. The lowest BCUT2D eigenvalue weighted by Gasteiger charge is -2.20. The second-order valence-electron chi connectivity index (χ2n) is 6.01. The summed E-state index contributed by atoms with van der Waals surface area (Å²) in [6, 6.07) is 5.86. The normalized spacial score (nSPS) is 12.0. The van der Waals surface area contributed by atoms with Gasteiger partial charge in [-0.1, -0.05) is 0 Å². The monoisotopic (exact) mass is 353 g/mol. The van der Waals surface area contributed by atoms with E-state index in [0.717, 1.165) is 49.1 Å². The molecule has 0 unspecified atom stereocenters. The molecule has 1 aromatic carbocycles. The maximum atomic E-state index is 5.42. The molecule has 0 fully saturated rings. The van der Waals surface area contributed by atoms with Crippen LogP contribution in [0.25, 0.3) is 0 Å². The Kier molecular flexibility index (Phi) is 8.82. The molecule has 0 bridgehead atoms. The van der Waals surface area contributed by atoms with Crippen LogP contribution >= 0.6 is 11.8 Å². The lowest BCUT2D eigenvalue weighted by Crippen LogP contribution is -2.39. The number of nitrogens with zero attached hydrogens (tertiary/aromatic N) is 1. The molecular formula is C18H31N3O2S. The van der Waals surface area contributed by atoms with Crippen molar-refractivity contribution in [1.29, 1.82) is 0 Å². The van der Waals surface area contributed by atoms with Gasteiger partial charge in [0.2, 0.25) is 0 Å². The molecule has 1 rings (SSSR count). The highest BCUT2D eigenvalue weighted by atomic mass is 32.2. The van der Waals surface area contributed by atoms with Gasteiger partial charge in [0.1, 0.15) is 11.5 Å². The van der Waals surface area contributed by atoms with Crippen molar-refractivity contribution in [2.75, 3.05) is 40.1 Å². The van der Waals surface area contributed by atoms with Crippen LogP contribution in [0.4, 0.5) is 0 Å². The van der Waals surface area contributed by atoms with Gasteiger partial charge >= 0.3 is 0 Å². The number of benzene rings is 1. The molecule has 1 aromatic rings. The van der Waals surface area contributed by atoms with E-state index in [1.54, 1.807) is 14.2 Å². The van der Waals surface area contributed by atoms with Gasteiger partial charge in [0.25, 0.3) is 0 Å². The van der Waals surface area contributed by atoms with Crippen molar-refractivity contribution >= 4 is 17.7 Å². The van der Waals surface area contributed by atoms with Crippen LogP contribution < -0.4 is 20.1 Å². The largest absolute Gasteiger partial charge is 0.497 e. The van der Waals surface area contributed by atoms with Crippen LogP contribution in [-0.4, -0.2) is 50.8 Å². The van der Waals surface area contributed by atoms with Crippen molar-refractivity contribution in [3.05, 3.63) is 23.8 Å². The average molecular weight is 354 g/mol. The van der Waals surface area contributed by atoms with Gasteiger partial charge in [0.15, 0.2) is 5.96 Å². The molecule has 0 aliphatic rings. The summed E-state index contributed by atoms with van der Waals surface area (Å²) in [5.74, 6) is 2.57. The standard InChI is InChI=1S/C18H31N3O2S/c1-7-19-17(21-13-18(2,3)24-6)20-11-10-14-12-15(22-4)8-9-16(14)23-5/h8-9,12H,7,10-11,13H2,1-6H3,(H2,19,20,21). The summed E-state index contributed by atoms with van der Waals surface area (Å²) in [5, 5.41) is 6.68. The van der Waals surface area contributed by atoms with Crippen molar-refractivity contribution in [3.63, 3.8) is 0 Å². The first-order valence-corrected chi connectivity index (χ1v) is 9.46. The number of rotatable bonds is 9. The fourth-order valence-corrected chi connectivity index (χ4v) is 2.26. The van der Waals surface area contributed by atoms with Crippen molar-refractivity contribution in [1.82, 2.24) is 10.6 Å². The van der Waals surface area contributed by atoms with E-state index in [-0.39, 0.29) is 4.75 Å². The maximum absolute atomic E-state index is 5.42. The lowest BCUT2D eigenvalue weighted by molar-refractivity contribution is 0.398. The van der Waals surface area contributed by atoms with Gasteiger partial charge in [0.05, 0.1) is 20.8 Å². The number of ether oxygens (including phenoxy) is 2. The predicted molar refractivity (Wildman–Crippen MR) is 105 cm³/mol. The number of hydrogen-bond acceptors (Lipinski definition) is 4. The van der Waals surface area contributed by atoms with E-state index in [1.807, 2.05) is 30.0 Å². The molecule has 0 radical (unpaired) electrons. The van der Waals surface area contributed by atoms with Crippen LogP contribution in [0.2, 0.25) is 0 Å². The van der Waals surface area contributed by atoms with Gasteiger partial charge in [-0.15, -0.1) is 0 Å². The van der Waals surface area contributed by atoms with E-state index < -0.39 is 0 Å². The summed E-state index contributed by atoms with van der Waals surface area (Å²) in [6.45, 7) is 8.86. The van der Waals surface area contributed by atoms with Gasteiger partial charge in [-0.25, -0.2) is 0 Å². The summed E-state index contributed by atoms with van der Waals surface area (Å²) in [4.78, 5) is 4.68. The van der Waals surface area contributed by atoms with Crippen LogP contribution in [-0.2, 0) is 6.42 Å². The fraction of sp³-hybridized carbons (Fsp3) is 0.611. The molecule has 0 atom stereocenters. The molecule has 0 saturated heterocycles. The van der Waals surface area contributed by atoms with Gasteiger partial charge < -0.3 is 20.1 Å². The predicted octanol–water partition coefficient (Wildman–Crippen LogP) is 2.94. The van der Waals surface area contributed by atoms with Gasteiger partial charge in [-0.05, 0) is 57.2 Å². The zero-order valence-electron chi connectivity index (χ0n) is 15.7. The van der Waals surface area contributed by atoms with E-state index in [4.69, 9.17) is 9.47 Å². The number of aliphatic imine (C=N–C) groups is 1. The molecule has 6 heteroatoms. The highest BCUT2D eigenvalue weighted by Gasteiger charge is 2.15. The summed E-state index contributed by atoms with van der Waals surface area (Å²) in [6.07, 6.45) is 2.95. The van der Waals surface area contributed by atoms with E-state index >= 15 is 0 Å². The minimum Gasteiger partial charge on any atom is -0.497 e. The molecule has 0 aromatic heterocycles. The van der Waals surface area contributed by atoms with Crippen LogP contribution in [0.5, 0.6) is 11.5 Å². The SMILES string of the molecule is CCNC(=NCC(C)(C)SC)NCCc1cc(OC)ccc1OC. The summed E-state index contributed by atoms with van der Waals surface area (Å²) in [7, 11) is 3.36. The minimum atomic E-state index is 0.137. The zero-order valence-corrected chi connectivity index (χ0v) is 16.5. The number of methoxy groups -OCH3 is 2. The Morgan fingerprint density at radius 1 is 1.21 bits per heavy atom. The third-order valence-corrected chi connectivity index (χ3v) is 4.92. The Bertz CT molecular complexity index is 533. The van der Waals surface area contributed by atoms with Crippen molar-refractivity contribution in [2.45, 2.75) is 31.9 Å². The molecule has 2 N–H and O–H groups in total. The molecule has 0 aliphatic carbocycles. The van der Waals surface area contributed by atoms with Crippen molar-refractivity contribution < 1.29 is 9.47 Å². The van der Waals surface area contributed by atoms with E-state index in [9.17, 15) is 0 Å². The quantitative estimate of drug-likeness (QED) is 0.528. The molecule has 5 nitrogen and oxygen atoms in total. The number of guanidine groups is 1. The Morgan fingerprint density at radius 2 is 1.96 bits per heavy atom. The summed E-state index contributed by atoms with van der Waals surface area (Å²) < 4.78 is 10.9. The van der Waals surface area contributed by atoms with Crippen LogP contribution in [0.3, 0.4) is 0 Å². The number of nitrogens with one attached hydrogen (secondary N) is 2. The summed E-state index contributed by atoms with van der Waals surface area (Å²) in [5.41, 5.74) is 1.12. The van der Waals surface area contributed by atoms with Gasteiger partial charge in [0, 0.05) is 17.8 Å². The van der Waals surface area contributed by atoms with E-state index in [1.165, 1.54) is 0 Å². The molecular weight excluding hydrogens is 322 g/mol. The molecule has 0 heterocycles. The Balaban J connectivity index is 2.67. The minimum absolute atomic E-state index is 0.137. The first-order valence-electron chi connectivity index (χ1n) is 8.24. The molecule has 136 valence electrons. The maximum Gasteiger partial charge on any atom is 0.191 e. The summed E-state index contributed by atoms with van der Waals surface area (Å²) >= 11 is 1.82. The van der Waals surface area contributed by atoms with Crippen molar-refractivity contribution in [3.8, 4) is 11.5 Å². The Morgan fingerprint density at radius 3 is 2.54 bits per heavy atom. The van der Waals surface area contributed by atoms with E-state index in [0.29, 0.717) is 0 Å². The van der Waals surface area contributed by atoms with Gasteiger partial charge in [-0.3, -0.25) is 4.99 Å². The Labute approximate surface area is 150 Å². The third-order valence-electron chi connectivity index (χ3n) is 3.69. The average Bonchev–Trinajstić information content (AvgIpc) is 2.59. The third kappa shape index (κ3) is 6.91. The highest BCUT2D eigenvalue weighted by molar-refractivity contribution is 7.99. The second-order valence-corrected chi connectivity index (χ2v) is 7.53. The first-order chi connectivity index (χ1) is 11.5. The second kappa shape index (κ2) is 10.3. The van der Waals surface area contributed by atoms with Gasteiger partial charge in [-0.2, -0.15) is 11.8 Å². The highest BCUT2D eigenvalue weighted by Crippen LogP contribution is 2.24. The lowest BCUT2D eigenvalue weighted by atomic mass is 10.1. The van der Waals surface area contributed by atoms with Crippen LogP contribution in [0.1, 0.15) is 26.3 Å². The smallest absolute Gasteiger partial charge is 0.191 e. The first kappa shape index (κ1) is 20.5. The van der Waals surface area contributed by atoms with Crippen LogP contribution in [0.15, 0.2) is 23.2 Å². The van der Waals surface area contributed by atoms with E-state index in [2.05, 4.69) is 42.7 Å². The molecule has 0 saturated carbocycles. The molecule has 0 amide bonds. The topological polar surface area (TPSA) is 54.9 Å². The number of hydrogen-bond donors (Lipinski definition) is 2. The van der Waals surface area contributed by atoms with Crippen LogP contribution in [0, 0.1) is 0 Å². The fourth-order valence-electron chi connectivity index (χ4n) is 2.07. The zero-order chi connectivity index (χ0) is 18.0. The number of thioether (sulfide) groups is 1. The molecule has 0 spiro atoms. The van der Waals surface area contributed by atoms with Crippen molar-refractivity contribution in [2.24, 2.45) is 4.99 Å². The molecule has 24 heavy (non-hydrogen) atoms.